The van der Waals surface area contributed by atoms with Crippen LogP contribution in [0.5, 0.6) is 5.75 Å². The Morgan fingerprint density at radius 3 is 2.80 bits per heavy atom. The number of hydrogen-bond donors (Lipinski definition) is 0. The summed E-state index contributed by atoms with van der Waals surface area (Å²) in [7, 11) is 0. The molecule has 0 aliphatic rings. The van der Waals surface area contributed by atoms with E-state index in [0.717, 1.165) is 17.4 Å². The first-order chi connectivity index (χ1) is 7.09. The summed E-state index contributed by atoms with van der Waals surface area (Å²) < 4.78 is 31.4. The molecule has 1 heterocycles. The molecule has 0 saturated heterocycles. The van der Waals surface area contributed by atoms with E-state index in [4.69, 9.17) is 0 Å². The summed E-state index contributed by atoms with van der Waals surface area (Å²) in [6, 6.07) is 5.45. The average molecular weight is 405 g/mol. The minimum Gasteiger partial charge on any atom is -0.432 e. The fourth-order valence-electron chi connectivity index (χ4n) is 1.23. The highest BCUT2D eigenvalue weighted by Crippen LogP contribution is 2.42. The number of thiophene rings is 1. The number of alkyl halides is 2. The second-order valence-electron chi connectivity index (χ2n) is 2.70. The minimum atomic E-state index is -2.78. The normalized spacial score (nSPS) is 11.3. The topological polar surface area (TPSA) is 9.23 Å². The van der Waals surface area contributed by atoms with Crippen molar-refractivity contribution in [3.8, 4) is 5.75 Å². The predicted octanol–water partition coefficient (Wildman–Crippen LogP) is 4.87. The molecule has 0 radical (unpaired) electrons. The van der Waals surface area contributed by atoms with E-state index in [0.29, 0.717) is 0 Å². The Labute approximate surface area is 111 Å². The number of ether oxygens (including phenoxy) is 1. The van der Waals surface area contributed by atoms with Gasteiger partial charge >= 0.3 is 6.61 Å². The maximum absolute atomic E-state index is 12.2. The van der Waals surface area contributed by atoms with Crippen LogP contribution in [-0.4, -0.2) is 6.61 Å². The van der Waals surface area contributed by atoms with Crippen LogP contribution in [0.4, 0.5) is 8.78 Å². The van der Waals surface area contributed by atoms with Crippen LogP contribution in [0.1, 0.15) is 0 Å². The predicted molar refractivity (Wildman–Crippen MR) is 68.9 cm³/mol. The van der Waals surface area contributed by atoms with Crippen LogP contribution >= 0.6 is 49.9 Å². The van der Waals surface area contributed by atoms with Gasteiger partial charge in [0.1, 0.15) is 2.88 Å². The molecule has 6 heteroatoms. The van der Waals surface area contributed by atoms with Gasteiger partial charge in [0.15, 0.2) is 5.75 Å². The molecule has 1 aromatic heterocycles. The quantitative estimate of drug-likeness (QED) is 0.649. The maximum Gasteiger partial charge on any atom is 0.387 e. The second-order valence-corrected chi connectivity index (χ2v) is 6.39. The van der Waals surface area contributed by atoms with Crippen molar-refractivity contribution in [3.63, 3.8) is 0 Å². The molecule has 80 valence electrons. The number of fused-ring (bicyclic) bond motifs is 1. The highest BCUT2D eigenvalue weighted by molar-refractivity contribution is 14.1. The molecule has 1 aromatic carbocycles. The van der Waals surface area contributed by atoms with E-state index in [2.05, 4.69) is 20.7 Å². The van der Waals surface area contributed by atoms with E-state index in [1.165, 1.54) is 11.3 Å². The molecular formula is C9H4BrF2IOS. The van der Waals surface area contributed by atoms with Gasteiger partial charge in [-0.25, -0.2) is 0 Å². The summed E-state index contributed by atoms with van der Waals surface area (Å²) in [5.74, 6) is 0.270. The lowest BCUT2D eigenvalue weighted by atomic mass is 10.2. The van der Waals surface area contributed by atoms with Gasteiger partial charge in [0.05, 0.1) is 4.70 Å². The Balaban J connectivity index is 2.63. The largest absolute Gasteiger partial charge is 0.432 e. The molecule has 0 saturated carbocycles. The molecule has 0 unspecified atom stereocenters. The summed E-state index contributed by atoms with van der Waals surface area (Å²) in [5.41, 5.74) is 0. The third kappa shape index (κ3) is 2.26. The third-order valence-electron chi connectivity index (χ3n) is 1.79. The van der Waals surface area contributed by atoms with Gasteiger partial charge in [-0.3, -0.25) is 0 Å². The summed E-state index contributed by atoms with van der Waals surface area (Å²) in [6.07, 6.45) is 0. The van der Waals surface area contributed by atoms with E-state index >= 15 is 0 Å². The van der Waals surface area contributed by atoms with E-state index < -0.39 is 6.61 Å². The molecule has 0 atom stereocenters. The SMILES string of the molecule is FC(F)Oc1c(I)sc2c(Br)cccc12. The van der Waals surface area contributed by atoms with E-state index in [1.54, 1.807) is 12.1 Å². The van der Waals surface area contributed by atoms with Gasteiger partial charge in [-0.15, -0.1) is 11.3 Å². The van der Waals surface area contributed by atoms with Gasteiger partial charge in [0.25, 0.3) is 0 Å². The molecule has 0 amide bonds. The summed E-state index contributed by atoms with van der Waals surface area (Å²) >= 11 is 6.81. The number of benzene rings is 1. The van der Waals surface area contributed by atoms with Crippen LogP contribution in [0.25, 0.3) is 10.1 Å². The minimum absolute atomic E-state index is 0.270. The Morgan fingerprint density at radius 2 is 2.13 bits per heavy atom. The van der Waals surface area contributed by atoms with Crippen molar-refractivity contribution in [1.82, 2.24) is 0 Å². The van der Waals surface area contributed by atoms with Crippen molar-refractivity contribution >= 4 is 59.9 Å². The molecule has 0 fully saturated rings. The van der Waals surface area contributed by atoms with Crippen LogP contribution in [-0.2, 0) is 0 Å². The monoisotopic (exact) mass is 404 g/mol. The fourth-order valence-corrected chi connectivity index (χ4v) is 3.79. The van der Waals surface area contributed by atoms with E-state index in [1.807, 2.05) is 28.7 Å². The summed E-state index contributed by atoms with van der Waals surface area (Å²) in [4.78, 5) is 0. The van der Waals surface area contributed by atoms with Crippen LogP contribution < -0.4 is 4.74 Å². The molecule has 2 aromatic rings. The fraction of sp³-hybridized carbons (Fsp3) is 0.111. The molecular weight excluding hydrogens is 401 g/mol. The van der Waals surface area contributed by atoms with Crippen LogP contribution in [0.15, 0.2) is 22.7 Å². The summed E-state index contributed by atoms with van der Waals surface area (Å²) in [5, 5.41) is 0.721. The maximum atomic E-state index is 12.2. The van der Waals surface area contributed by atoms with Crippen LogP contribution in [0, 0.1) is 2.88 Å². The van der Waals surface area contributed by atoms with E-state index in [-0.39, 0.29) is 5.75 Å². The summed E-state index contributed by atoms with van der Waals surface area (Å²) in [6.45, 7) is -2.78. The third-order valence-corrected chi connectivity index (χ3v) is 4.87. The molecule has 15 heavy (non-hydrogen) atoms. The van der Waals surface area contributed by atoms with Crippen molar-refractivity contribution in [2.24, 2.45) is 0 Å². The Bertz CT molecular complexity index is 500. The first-order valence-corrected chi connectivity index (χ1v) is 6.59. The van der Waals surface area contributed by atoms with Crippen molar-refractivity contribution in [1.29, 1.82) is 0 Å². The molecule has 2 rings (SSSR count). The standard InChI is InChI=1S/C9H4BrF2IOS/c10-5-3-1-2-4-6(14-9(11)12)8(13)15-7(4)5/h1-3,9H. The van der Waals surface area contributed by atoms with Crippen molar-refractivity contribution in [2.45, 2.75) is 6.61 Å². The van der Waals surface area contributed by atoms with Gasteiger partial charge < -0.3 is 4.74 Å². The average Bonchev–Trinajstić information content (AvgIpc) is 2.45. The Morgan fingerprint density at radius 1 is 1.40 bits per heavy atom. The zero-order valence-electron chi connectivity index (χ0n) is 7.14. The zero-order chi connectivity index (χ0) is 11.0. The highest BCUT2D eigenvalue weighted by atomic mass is 127. The number of hydrogen-bond acceptors (Lipinski definition) is 2. The lowest BCUT2D eigenvalue weighted by Crippen LogP contribution is -2.01. The molecule has 1 nitrogen and oxygen atoms in total. The van der Waals surface area contributed by atoms with Crippen molar-refractivity contribution < 1.29 is 13.5 Å². The van der Waals surface area contributed by atoms with Gasteiger partial charge in [0.2, 0.25) is 0 Å². The van der Waals surface area contributed by atoms with Gasteiger partial charge in [-0.1, -0.05) is 6.07 Å². The second kappa shape index (κ2) is 4.50. The number of rotatable bonds is 2. The molecule has 0 bridgehead atoms. The van der Waals surface area contributed by atoms with Gasteiger partial charge in [-0.2, -0.15) is 8.78 Å². The lowest BCUT2D eigenvalue weighted by Gasteiger charge is -2.03. The van der Waals surface area contributed by atoms with Crippen LogP contribution in [0.3, 0.4) is 0 Å². The number of halogens is 4. The smallest absolute Gasteiger partial charge is 0.387 e. The zero-order valence-corrected chi connectivity index (χ0v) is 11.7. The first kappa shape index (κ1) is 11.5. The molecule has 0 aliphatic heterocycles. The van der Waals surface area contributed by atoms with Crippen molar-refractivity contribution in [3.05, 3.63) is 25.6 Å². The highest BCUT2D eigenvalue weighted by Gasteiger charge is 2.16. The molecule has 0 N–H and O–H groups in total. The Kier molecular flexibility index (Phi) is 3.46. The van der Waals surface area contributed by atoms with Gasteiger partial charge in [-0.05, 0) is 50.7 Å². The van der Waals surface area contributed by atoms with Crippen molar-refractivity contribution in [2.75, 3.05) is 0 Å². The van der Waals surface area contributed by atoms with Gasteiger partial charge in [0, 0.05) is 9.86 Å². The first-order valence-electron chi connectivity index (χ1n) is 3.91. The van der Waals surface area contributed by atoms with Crippen LogP contribution in [0.2, 0.25) is 0 Å². The molecule has 0 aliphatic carbocycles. The molecule has 0 spiro atoms. The van der Waals surface area contributed by atoms with E-state index in [9.17, 15) is 8.78 Å². The lowest BCUT2D eigenvalue weighted by molar-refractivity contribution is -0.0490. The Hall–Kier alpha value is 0.0500.